The fourth-order valence-electron chi connectivity index (χ4n) is 2.41. The van der Waals surface area contributed by atoms with Crippen LogP contribution in [0.3, 0.4) is 0 Å². The third-order valence-electron chi connectivity index (χ3n) is 3.58. The van der Waals surface area contributed by atoms with Crippen LogP contribution in [0.1, 0.15) is 0 Å². The van der Waals surface area contributed by atoms with Crippen molar-refractivity contribution < 1.29 is 0 Å². The Morgan fingerprint density at radius 3 is 2.96 bits per heavy atom. The summed E-state index contributed by atoms with van der Waals surface area (Å²) in [6, 6.07) is 7.42. The predicted octanol–water partition coefficient (Wildman–Crippen LogP) is 1.08. The highest BCUT2D eigenvalue weighted by Crippen LogP contribution is 2.09. The van der Waals surface area contributed by atoms with Gasteiger partial charge in [0, 0.05) is 17.8 Å². The number of nitrogens with zero attached hydrogens (tertiary/aromatic N) is 6. The molecule has 0 saturated carbocycles. The number of hydrogen-bond donors (Lipinski definition) is 1. The zero-order chi connectivity index (χ0) is 15.6. The van der Waals surface area contributed by atoms with Gasteiger partial charge in [0.1, 0.15) is 5.69 Å². The first kappa shape index (κ1) is 13.4. The van der Waals surface area contributed by atoms with Crippen LogP contribution in [0.15, 0.2) is 53.8 Å². The number of fused-ring (bicyclic) bond motifs is 1. The SMILES string of the molecule is O=c1c2ccccc2cnn1CCn1cc(-c2ncc[nH]2)nn1. The molecule has 8 heteroatoms. The Hall–Kier alpha value is -3.29. The maximum atomic E-state index is 12.4. The Bertz CT molecular complexity index is 1000. The Balaban J connectivity index is 1.55. The van der Waals surface area contributed by atoms with E-state index in [0.29, 0.717) is 30.0 Å². The summed E-state index contributed by atoms with van der Waals surface area (Å²) in [7, 11) is 0. The molecule has 23 heavy (non-hydrogen) atoms. The van der Waals surface area contributed by atoms with Crippen LogP contribution in [0.4, 0.5) is 0 Å². The van der Waals surface area contributed by atoms with Gasteiger partial charge in [0.15, 0.2) is 5.82 Å². The largest absolute Gasteiger partial charge is 0.343 e. The molecule has 0 spiro atoms. The van der Waals surface area contributed by atoms with Gasteiger partial charge in [-0.3, -0.25) is 4.79 Å². The molecule has 1 N–H and O–H groups in total. The van der Waals surface area contributed by atoms with Crippen molar-refractivity contribution in [2.24, 2.45) is 0 Å². The quantitative estimate of drug-likeness (QED) is 0.609. The van der Waals surface area contributed by atoms with Gasteiger partial charge in [-0.05, 0) is 6.07 Å². The second-order valence-electron chi connectivity index (χ2n) is 5.06. The Kier molecular flexibility index (Phi) is 3.19. The Morgan fingerprint density at radius 1 is 1.17 bits per heavy atom. The van der Waals surface area contributed by atoms with Crippen molar-refractivity contribution in [2.75, 3.05) is 0 Å². The molecule has 0 bridgehead atoms. The number of aryl methyl sites for hydroxylation is 2. The average molecular weight is 307 g/mol. The van der Waals surface area contributed by atoms with E-state index in [0.717, 1.165) is 5.39 Å². The van der Waals surface area contributed by atoms with E-state index < -0.39 is 0 Å². The number of rotatable bonds is 4. The Labute approximate surface area is 130 Å². The van der Waals surface area contributed by atoms with E-state index in [1.807, 2.05) is 18.2 Å². The lowest BCUT2D eigenvalue weighted by molar-refractivity contribution is 0.476. The standard InChI is InChI=1S/C15H13N7O/c23-15-12-4-2-1-3-11(12)9-18-22(15)8-7-21-10-13(19-20-21)14-16-5-6-17-14/h1-6,9-10H,7-8H2,(H,16,17). The molecule has 0 amide bonds. The highest BCUT2D eigenvalue weighted by atomic mass is 16.1. The van der Waals surface area contributed by atoms with E-state index in [2.05, 4.69) is 25.4 Å². The molecule has 114 valence electrons. The van der Waals surface area contributed by atoms with Crippen molar-refractivity contribution in [3.05, 3.63) is 59.4 Å². The van der Waals surface area contributed by atoms with Gasteiger partial charge < -0.3 is 4.98 Å². The van der Waals surface area contributed by atoms with Crippen LogP contribution in [0, 0.1) is 0 Å². The molecule has 0 atom stereocenters. The lowest BCUT2D eigenvalue weighted by Gasteiger charge is -2.05. The molecule has 8 nitrogen and oxygen atoms in total. The number of hydrogen-bond acceptors (Lipinski definition) is 5. The third kappa shape index (κ3) is 2.50. The van der Waals surface area contributed by atoms with Gasteiger partial charge >= 0.3 is 0 Å². The highest BCUT2D eigenvalue weighted by molar-refractivity contribution is 5.80. The van der Waals surface area contributed by atoms with Gasteiger partial charge in [0.05, 0.1) is 30.9 Å². The van der Waals surface area contributed by atoms with E-state index >= 15 is 0 Å². The van der Waals surface area contributed by atoms with Crippen LogP contribution in [0.25, 0.3) is 22.3 Å². The zero-order valence-corrected chi connectivity index (χ0v) is 12.1. The van der Waals surface area contributed by atoms with Crippen LogP contribution in [0.5, 0.6) is 0 Å². The van der Waals surface area contributed by atoms with Gasteiger partial charge in [-0.2, -0.15) is 5.10 Å². The van der Waals surface area contributed by atoms with Crippen LogP contribution >= 0.6 is 0 Å². The molecular formula is C15H13N7O. The lowest BCUT2D eigenvalue weighted by Crippen LogP contribution is -2.25. The van der Waals surface area contributed by atoms with Crippen molar-refractivity contribution in [2.45, 2.75) is 13.1 Å². The van der Waals surface area contributed by atoms with Gasteiger partial charge in [0.2, 0.25) is 0 Å². The van der Waals surface area contributed by atoms with E-state index in [9.17, 15) is 4.79 Å². The summed E-state index contributed by atoms with van der Waals surface area (Å²) in [5.74, 6) is 0.664. The summed E-state index contributed by atoms with van der Waals surface area (Å²) < 4.78 is 3.11. The number of aromatic amines is 1. The molecule has 3 aromatic heterocycles. The summed E-state index contributed by atoms with van der Waals surface area (Å²) in [4.78, 5) is 19.5. The number of benzene rings is 1. The van der Waals surface area contributed by atoms with Gasteiger partial charge in [-0.25, -0.2) is 14.3 Å². The van der Waals surface area contributed by atoms with Crippen LogP contribution in [-0.4, -0.2) is 34.7 Å². The molecule has 0 aliphatic carbocycles. The second kappa shape index (κ2) is 5.48. The van der Waals surface area contributed by atoms with Crippen molar-refractivity contribution in [1.82, 2.24) is 34.7 Å². The molecule has 0 unspecified atom stereocenters. The van der Waals surface area contributed by atoms with Crippen LogP contribution in [-0.2, 0) is 13.1 Å². The monoisotopic (exact) mass is 307 g/mol. The molecule has 0 fully saturated rings. The second-order valence-corrected chi connectivity index (χ2v) is 5.06. The fraction of sp³-hybridized carbons (Fsp3) is 0.133. The van der Waals surface area contributed by atoms with E-state index in [1.54, 1.807) is 35.5 Å². The van der Waals surface area contributed by atoms with Gasteiger partial charge in [-0.15, -0.1) is 5.10 Å². The maximum absolute atomic E-state index is 12.4. The number of H-pyrrole nitrogens is 1. The number of imidazole rings is 1. The van der Waals surface area contributed by atoms with Gasteiger partial charge in [-0.1, -0.05) is 23.4 Å². The van der Waals surface area contributed by atoms with E-state index in [1.165, 1.54) is 4.68 Å². The normalized spacial score (nSPS) is 11.1. The summed E-state index contributed by atoms with van der Waals surface area (Å²) in [5, 5.41) is 13.8. The van der Waals surface area contributed by atoms with Crippen molar-refractivity contribution in [3.8, 4) is 11.5 Å². The first-order chi connectivity index (χ1) is 11.3. The van der Waals surface area contributed by atoms with Crippen molar-refractivity contribution >= 4 is 10.8 Å². The lowest BCUT2D eigenvalue weighted by atomic mass is 10.2. The molecule has 0 saturated heterocycles. The fourth-order valence-corrected chi connectivity index (χ4v) is 2.41. The molecule has 0 radical (unpaired) electrons. The van der Waals surface area contributed by atoms with Crippen molar-refractivity contribution in [1.29, 1.82) is 0 Å². The van der Waals surface area contributed by atoms with Gasteiger partial charge in [0.25, 0.3) is 5.56 Å². The summed E-state index contributed by atoms with van der Waals surface area (Å²) in [6.45, 7) is 0.920. The van der Waals surface area contributed by atoms with E-state index in [-0.39, 0.29) is 5.56 Å². The highest BCUT2D eigenvalue weighted by Gasteiger charge is 2.07. The van der Waals surface area contributed by atoms with E-state index in [4.69, 9.17) is 0 Å². The van der Waals surface area contributed by atoms with Crippen molar-refractivity contribution in [3.63, 3.8) is 0 Å². The molecule has 0 aliphatic heterocycles. The minimum atomic E-state index is -0.102. The molecule has 4 rings (SSSR count). The molecule has 3 heterocycles. The third-order valence-corrected chi connectivity index (χ3v) is 3.58. The Morgan fingerprint density at radius 2 is 2.09 bits per heavy atom. The zero-order valence-electron chi connectivity index (χ0n) is 12.1. The van der Waals surface area contributed by atoms with Crippen LogP contribution in [0.2, 0.25) is 0 Å². The number of nitrogens with one attached hydrogen (secondary N) is 1. The number of aromatic nitrogens is 7. The minimum Gasteiger partial charge on any atom is -0.343 e. The summed E-state index contributed by atoms with van der Waals surface area (Å²) >= 11 is 0. The minimum absolute atomic E-state index is 0.102. The summed E-state index contributed by atoms with van der Waals surface area (Å²) in [5.41, 5.74) is 0.559. The molecule has 1 aromatic carbocycles. The smallest absolute Gasteiger partial charge is 0.274 e. The molecule has 0 aliphatic rings. The van der Waals surface area contributed by atoms with Crippen LogP contribution < -0.4 is 5.56 Å². The maximum Gasteiger partial charge on any atom is 0.274 e. The first-order valence-corrected chi connectivity index (χ1v) is 7.16. The summed E-state index contributed by atoms with van der Waals surface area (Å²) in [6.07, 6.45) is 6.87. The predicted molar refractivity (Wildman–Crippen MR) is 83.6 cm³/mol. The first-order valence-electron chi connectivity index (χ1n) is 7.16. The average Bonchev–Trinajstić information content (AvgIpc) is 3.26. The molecular weight excluding hydrogens is 294 g/mol. The topological polar surface area (TPSA) is 94.3 Å². The molecule has 4 aromatic rings.